The minimum atomic E-state index is -3.16. The summed E-state index contributed by atoms with van der Waals surface area (Å²) in [6.45, 7) is 1.61. The maximum Gasteiger partial charge on any atom is 0.154 e. The fourth-order valence-electron chi connectivity index (χ4n) is 2.36. The van der Waals surface area contributed by atoms with Crippen LogP contribution in [0.3, 0.4) is 0 Å². The normalized spacial score (nSPS) is 26.7. The number of sulfone groups is 1. The molecule has 1 aromatic rings. The molecule has 0 N–H and O–H groups in total. The predicted octanol–water partition coefficient (Wildman–Crippen LogP) is 1.41. The molecule has 1 aliphatic rings. The van der Waals surface area contributed by atoms with E-state index in [0.29, 0.717) is 0 Å². The van der Waals surface area contributed by atoms with E-state index in [2.05, 4.69) is 0 Å². The van der Waals surface area contributed by atoms with Gasteiger partial charge in [-0.1, -0.05) is 19.1 Å². The molecule has 2 rings (SSSR count). The molecule has 5 heteroatoms. The summed E-state index contributed by atoms with van der Waals surface area (Å²) in [6, 6.07) is 7.21. The first-order valence-electron chi connectivity index (χ1n) is 5.86. The Kier molecular flexibility index (Phi) is 3.43. The molecule has 0 amide bonds. The Balaban J connectivity index is 2.26. The van der Waals surface area contributed by atoms with Crippen LogP contribution < -0.4 is 4.74 Å². The van der Waals surface area contributed by atoms with Crippen molar-refractivity contribution in [2.75, 3.05) is 12.9 Å². The predicted molar refractivity (Wildman–Crippen MR) is 68.5 cm³/mol. The average molecular weight is 268 g/mol. The Morgan fingerprint density at radius 3 is 2.33 bits per heavy atom. The highest BCUT2D eigenvalue weighted by Gasteiger charge is 2.57. The summed E-state index contributed by atoms with van der Waals surface area (Å²) in [7, 11) is -1.59. The topological polar surface area (TPSA) is 60.4 Å². The lowest BCUT2D eigenvalue weighted by Crippen LogP contribution is -2.12. The maximum absolute atomic E-state index is 11.9. The van der Waals surface area contributed by atoms with Gasteiger partial charge in [0.2, 0.25) is 0 Å². The van der Waals surface area contributed by atoms with Crippen molar-refractivity contribution in [1.29, 1.82) is 0 Å². The first kappa shape index (κ1) is 13.1. The van der Waals surface area contributed by atoms with Crippen LogP contribution >= 0.6 is 0 Å². The molecule has 1 aliphatic carbocycles. The Morgan fingerprint density at radius 2 is 1.89 bits per heavy atom. The summed E-state index contributed by atoms with van der Waals surface area (Å²) >= 11 is 0. The average Bonchev–Trinajstić information content (AvgIpc) is 3.14. The lowest BCUT2D eigenvalue weighted by atomic mass is 10.1. The molecule has 3 unspecified atom stereocenters. The zero-order valence-corrected chi connectivity index (χ0v) is 11.2. The first-order valence-corrected chi connectivity index (χ1v) is 7.57. The zero-order chi connectivity index (χ0) is 13.3. The number of benzene rings is 1. The minimum Gasteiger partial charge on any atom is -0.497 e. The van der Waals surface area contributed by atoms with Gasteiger partial charge in [0.15, 0.2) is 9.84 Å². The molecule has 1 aromatic carbocycles. The van der Waals surface area contributed by atoms with E-state index in [9.17, 15) is 13.2 Å². The highest BCUT2D eigenvalue weighted by molar-refractivity contribution is 7.92. The molecule has 0 spiro atoms. The summed E-state index contributed by atoms with van der Waals surface area (Å²) in [4.78, 5) is 11.0. The number of hydrogen-bond acceptors (Lipinski definition) is 4. The van der Waals surface area contributed by atoms with E-state index in [4.69, 9.17) is 4.74 Å². The Labute approximate surface area is 107 Å². The second-order valence-corrected chi connectivity index (χ2v) is 6.88. The third kappa shape index (κ3) is 2.14. The van der Waals surface area contributed by atoms with Gasteiger partial charge >= 0.3 is 0 Å². The van der Waals surface area contributed by atoms with Gasteiger partial charge in [-0.3, -0.25) is 0 Å². The van der Waals surface area contributed by atoms with Crippen LogP contribution in [0, 0.1) is 5.92 Å². The molecular formula is C13H16O4S. The molecule has 0 aliphatic heterocycles. The lowest BCUT2D eigenvalue weighted by Gasteiger charge is -2.03. The standard InChI is InChI=1S/C13H16O4S/c1-3-18(15,16)13-11(8-14)12(13)9-4-6-10(17-2)7-5-9/h4-8,11-13H,3H2,1-2H3. The van der Waals surface area contributed by atoms with Crippen LogP contribution in [-0.2, 0) is 14.6 Å². The van der Waals surface area contributed by atoms with E-state index in [-0.39, 0.29) is 11.7 Å². The van der Waals surface area contributed by atoms with E-state index >= 15 is 0 Å². The van der Waals surface area contributed by atoms with Gasteiger partial charge in [-0.05, 0) is 17.7 Å². The minimum absolute atomic E-state index is 0.0780. The van der Waals surface area contributed by atoms with Crippen molar-refractivity contribution in [3.05, 3.63) is 29.8 Å². The summed E-state index contributed by atoms with van der Waals surface area (Å²) in [5.41, 5.74) is 0.884. The van der Waals surface area contributed by atoms with Crippen LogP contribution in [0.15, 0.2) is 24.3 Å². The maximum atomic E-state index is 11.9. The Bertz CT molecular complexity index is 533. The molecule has 0 radical (unpaired) electrons. The van der Waals surface area contributed by atoms with Gasteiger partial charge in [0.05, 0.1) is 12.4 Å². The third-order valence-corrected chi connectivity index (χ3v) is 5.72. The molecule has 1 fully saturated rings. The van der Waals surface area contributed by atoms with Crippen molar-refractivity contribution < 1.29 is 17.9 Å². The second-order valence-electron chi connectivity index (χ2n) is 4.43. The van der Waals surface area contributed by atoms with Gasteiger partial charge in [0, 0.05) is 17.6 Å². The molecule has 1 saturated carbocycles. The van der Waals surface area contributed by atoms with Crippen LogP contribution in [0.5, 0.6) is 5.75 Å². The molecule has 18 heavy (non-hydrogen) atoms. The number of rotatable bonds is 5. The number of ether oxygens (including phenoxy) is 1. The van der Waals surface area contributed by atoms with Gasteiger partial charge in [0.25, 0.3) is 0 Å². The monoisotopic (exact) mass is 268 g/mol. The fraction of sp³-hybridized carbons (Fsp3) is 0.462. The van der Waals surface area contributed by atoms with Gasteiger partial charge in [-0.15, -0.1) is 0 Å². The summed E-state index contributed by atoms with van der Waals surface area (Å²) in [6.07, 6.45) is 0.757. The number of carbonyl (C=O) groups is 1. The number of hydrogen-bond donors (Lipinski definition) is 0. The molecular weight excluding hydrogens is 252 g/mol. The van der Waals surface area contributed by atoms with Crippen LogP contribution in [0.2, 0.25) is 0 Å². The number of methoxy groups -OCH3 is 1. The van der Waals surface area contributed by atoms with Crippen molar-refractivity contribution in [3.8, 4) is 5.75 Å². The van der Waals surface area contributed by atoms with Crippen molar-refractivity contribution in [1.82, 2.24) is 0 Å². The fourth-order valence-corrected chi connectivity index (χ4v) is 4.15. The van der Waals surface area contributed by atoms with Crippen molar-refractivity contribution in [3.63, 3.8) is 0 Å². The van der Waals surface area contributed by atoms with E-state index in [0.717, 1.165) is 17.6 Å². The second kappa shape index (κ2) is 4.72. The van der Waals surface area contributed by atoms with Gasteiger partial charge in [-0.2, -0.15) is 0 Å². The third-order valence-electron chi connectivity index (χ3n) is 3.48. The number of aldehydes is 1. The van der Waals surface area contributed by atoms with Gasteiger partial charge < -0.3 is 9.53 Å². The molecule has 3 atom stereocenters. The smallest absolute Gasteiger partial charge is 0.154 e. The van der Waals surface area contributed by atoms with E-state index in [1.165, 1.54) is 0 Å². The van der Waals surface area contributed by atoms with Gasteiger partial charge in [-0.25, -0.2) is 8.42 Å². The summed E-state index contributed by atoms with van der Waals surface area (Å²) in [5, 5.41) is -0.548. The van der Waals surface area contributed by atoms with Crippen LogP contribution in [-0.4, -0.2) is 32.8 Å². The van der Waals surface area contributed by atoms with Crippen molar-refractivity contribution in [2.24, 2.45) is 5.92 Å². The van der Waals surface area contributed by atoms with E-state index in [1.807, 2.05) is 12.1 Å². The van der Waals surface area contributed by atoms with Crippen LogP contribution in [0.1, 0.15) is 18.4 Å². The van der Waals surface area contributed by atoms with Crippen LogP contribution in [0.4, 0.5) is 0 Å². The Hall–Kier alpha value is -1.36. The largest absolute Gasteiger partial charge is 0.497 e. The van der Waals surface area contributed by atoms with Gasteiger partial charge in [0.1, 0.15) is 12.0 Å². The zero-order valence-electron chi connectivity index (χ0n) is 10.4. The molecule has 0 saturated heterocycles. The number of carbonyl (C=O) groups excluding carboxylic acids is 1. The quantitative estimate of drug-likeness (QED) is 0.758. The Morgan fingerprint density at radius 1 is 1.28 bits per heavy atom. The molecule has 0 aromatic heterocycles. The summed E-state index contributed by atoms with van der Waals surface area (Å²) < 4.78 is 28.8. The lowest BCUT2D eigenvalue weighted by molar-refractivity contribution is -0.108. The molecule has 4 nitrogen and oxygen atoms in total. The van der Waals surface area contributed by atoms with Crippen molar-refractivity contribution >= 4 is 16.1 Å². The van der Waals surface area contributed by atoms with Crippen LogP contribution in [0.25, 0.3) is 0 Å². The SMILES string of the molecule is CCS(=O)(=O)C1C(C=O)C1c1ccc(OC)cc1. The molecule has 98 valence electrons. The molecule has 0 bridgehead atoms. The highest BCUT2D eigenvalue weighted by atomic mass is 32.2. The summed E-state index contributed by atoms with van der Waals surface area (Å²) in [5.74, 6) is 0.202. The first-order chi connectivity index (χ1) is 8.55. The van der Waals surface area contributed by atoms with E-state index < -0.39 is 21.0 Å². The van der Waals surface area contributed by atoms with Crippen molar-refractivity contribution in [2.45, 2.75) is 18.1 Å². The molecule has 0 heterocycles. The van der Waals surface area contributed by atoms with E-state index in [1.54, 1.807) is 26.2 Å². The highest BCUT2D eigenvalue weighted by Crippen LogP contribution is 2.51.